The lowest BCUT2D eigenvalue weighted by atomic mass is 10.3. The van der Waals surface area contributed by atoms with Crippen molar-refractivity contribution in [2.45, 2.75) is 10.3 Å². The Morgan fingerprint density at radius 3 is 3.00 bits per heavy atom. The Balaban J connectivity index is 2.30. The van der Waals surface area contributed by atoms with Crippen molar-refractivity contribution in [2.75, 3.05) is 0 Å². The van der Waals surface area contributed by atoms with Crippen molar-refractivity contribution < 1.29 is 19.7 Å². The molecular weight excluding hydrogens is 192 g/mol. The molecule has 1 aromatic rings. The second kappa shape index (κ2) is 2.85. The molecule has 2 rings (SSSR count). The first kappa shape index (κ1) is 8.25. The Kier molecular flexibility index (Phi) is 1.81. The largest absolute Gasteiger partial charge is 0.508 e. The Labute approximate surface area is 78.1 Å². The van der Waals surface area contributed by atoms with Gasteiger partial charge in [0.05, 0.1) is 4.90 Å². The van der Waals surface area contributed by atoms with Crippen molar-refractivity contribution in [1.29, 1.82) is 0 Å². The van der Waals surface area contributed by atoms with Crippen molar-refractivity contribution in [3.63, 3.8) is 0 Å². The number of fused-ring (bicyclic) bond motifs is 1. The van der Waals surface area contributed by atoms with Crippen LogP contribution in [0, 0.1) is 0 Å². The maximum absolute atomic E-state index is 10.5. The van der Waals surface area contributed by atoms with Gasteiger partial charge in [-0.3, -0.25) is 0 Å². The van der Waals surface area contributed by atoms with E-state index in [9.17, 15) is 4.79 Å². The fourth-order valence-corrected chi connectivity index (χ4v) is 1.95. The van der Waals surface area contributed by atoms with Crippen LogP contribution in [0.2, 0.25) is 0 Å². The molecule has 1 aliphatic rings. The van der Waals surface area contributed by atoms with E-state index in [1.165, 1.54) is 12.1 Å². The van der Waals surface area contributed by atoms with Crippen LogP contribution in [0.4, 0.5) is 0 Å². The van der Waals surface area contributed by atoms with Crippen LogP contribution in [0.5, 0.6) is 11.5 Å². The van der Waals surface area contributed by atoms with Crippen LogP contribution in [0.1, 0.15) is 0 Å². The number of rotatable bonds is 1. The Bertz CT molecular complexity index is 363. The molecule has 0 bridgehead atoms. The number of ether oxygens (including phenoxy) is 1. The minimum absolute atomic E-state index is 0.112. The average molecular weight is 198 g/mol. The lowest BCUT2D eigenvalue weighted by Crippen LogP contribution is -2.19. The predicted molar refractivity (Wildman–Crippen MR) is 46.0 cm³/mol. The number of phenolic OH excluding ortho intramolecular Hbond substituents is 1. The molecule has 1 aliphatic heterocycles. The number of aliphatic carboxylic acids is 1. The standard InChI is InChI=1S/C8H6O4S/c9-4-1-2-5-6(3-4)13-8(12-5)7(10)11/h1-3,8-9H,(H,10,11). The molecular formula is C8H6O4S. The summed E-state index contributed by atoms with van der Waals surface area (Å²) in [5, 5.41) is 17.8. The number of carboxylic acids is 1. The first-order valence-electron chi connectivity index (χ1n) is 3.56. The van der Waals surface area contributed by atoms with Gasteiger partial charge >= 0.3 is 5.97 Å². The Morgan fingerprint density at radius 1 is 1.54 bits per heavy atom. The van der Waals surface area contributed by atoms with Crippen LogP contribution in [0.15, 0.2) is 23.1 Å². The summed E-state index contributed by atoms with van der Waals surface area (Å²) in [6, 6.07) is 4.51. The zero-order valence-electron chi connectivity index (χ0n) is 6.43. The second-order valence-corrected chi connectivity index (χ2v) is 3.64. The van der Waals surface area contributed by atoms with E-state index >= 15 is 0 Å². The van der Waals surface area contributed by atoms with Gasteiger partial charge in [0.15, 0.2) is 0 Å². The van der Waals surface area contributed by atoms with E-state index in [-0.39, 0.29) is 5.75 Å². The molecule has 4 nitrogen and oxygen atoms in total. The SMILES string of the molecule is O=C(O)C1Oc2ccc(O)cc2S1. The Morgan fingerprint density at radius 2 is 2.31 bits per heavy atom. The van der Waals surface area contributed by atoms with Gasteiger partial charge in [0.25, 0.3) is 0 Å². The third-order valence-corrected chi connectivity index (χ3v) is 2.68. The highest BCUT2D eigenvalue weighted by atomic mass is 32.2. The zero-order chi connectivity index (χ0) is 9.42. The maximum atomic E-state index is 10.5. The molecule has 0 radical (unpaired) electrons. The number of aromatic hydroxyl groups is 1. The van der Waals surface area contributed by atoms with Crippen LogP contribution in [-0.2, 0) is 4.79 Å². The molecule has 0 saturated carbocycles. The minimum atomic E-state index is -1.01. The molecule has 0 saturated heterocycles. The van der Waals surface area contributed by atoms with Crippen LogP contribution >= 0.6 is 11.8 Å². The topological polar surface area (TPSA) is 66.8 Å². The molecule has 1 unspecified atom stereocenters. The molecule has 1 aromatic carbocycles. The number of phenols is 1. The van der Waals surface area contributed by atoms with Crippen molar-refractivity contribution in [1.82, 2.24) is 0 Å². The van der Waals surface area contributed by atoms with Gasteiger partial charge in [0.2, 0.25) is 5.44 Å². The summed E-state index contributed by atoms with van der Waals surface area (Å²) in [7, 11) is 0. The third-order valence-electron chi connectivity index (χ3n) is 1.60. The number of benzene rings is 1. The van der Waals surface area contributed by atoms with E-state index in [0.717, 1.165) is 11.8 Å². The third kappa shape index (κ3) is 1.42. The molecule has 0 aromatic heterocycles. The fourth-order valence-electron chi connectivity index (χ4n) is 1.04. The summed E-state index contributed by atoms with van der Waals surface area (Å²) in [6.07, 6.45) is 0. The smallest absolute Gasteiger partial charge is 0.356 e. The maximum Gasteiger partial charge on any atom is 0.356 e. The lowest BCUT2D eigenvalue weighted by Gasteiger charge is -2.01. The van der Waals surface area contributed by atoms with Crippen LogP contribution in [0.3, 0.4) is 0 Å². The van der Waals surface area contributed by atoms with E-state index in [1.807, 2.05) is 0 Å². The van der Waals surface area contributed by atoms with Gasteiger partial charge in [-0.15, -0.1) is 0 Å². The van der Waals surface area contributed by atoms with Crippen molar-refractivity contribution >= 4 is 17.7 Å². The molecule has 5 heteroatoms. The highest BCUT2D eigenvalue weighted by Gasteiger charge is 2.29. The number of hydrogen-bond acceptors (Lipinski definition) is 4. The molecule has 13 heavy (non-hydrogen) atoms. The van der Waals surface area contributed by atoms with E-state index in [0.29, 0.717) is 10.6 Å². The molecule has 0 fully saturated rings. The highest BCUT2D eigenvalue weighted by Crippen LogP contribution is 2.42. The van der Waals surface area contributed by atoms with Gasteiger partial charge in [0.1, 0.15) is 11.5 Å². The van der Waals surface area contributed by atoms with Crippen LogP contribution in [-0.4, -0.2) is 21.6 Å². The van der Waals surface area contributed by atoms with Gasteiger partial charge in [0, 0.05) is 0 Å². The van der Waals surface area contributed by atoms with Crippen LogP contribution < -0.4 is 4.74 Å². The Hall–Kier alpha value is -1.36. The molecule has 68 valence electrons. The summed E-state index contributed by atoms with van der Waals surface area (Å²) < 4.78 is 5.08. The zero-order valence-corrected chi connectivity index (χ0v) is 7.25. The summed E-state index contributed by atoms with van der Waals surface area (Å²) >= 11 is 1.08. The monoisotopic (exact) mass is 198 g/mol. The van der Waals surface area contributed by atoms with E-state index in [2.05, 4.69) is 0 Å². The van der Waals surface area contributed by atoms with Gasteiger partial charge in [-0.05, 0) is 18.2 Å². The summed E-state index contributed by atoms with van der Waals surface area (Å²) in [5.74, 6) is -0.392. The normalized spacial score (nSPS) is 19.2. The number of hydrogen-bond donors (Lipinski definition) is 2. The number of carboxylic acid groups (broad SMARTS) is 1. The van der Waals surface area contributed by atoms with Gasteiger partial charge in [-0.1, -0.05) is 11.8 Å². The van der Waals surface area contributed by atoms with Gasteiger partial charge < -0.3 is 14.9 Å². The predicted octanol–water partition coefficient (Wildman–Crippen LogP) is 1.29. The molecule has 0 amide bonds. The average Bonchev–Trinajstić information content (AvgIpc) is 2.46. The molecule has 1 atom stereocenters. The highest BCUT2D eigenvalue weighted by molar-refractivity contribution is 8.00. The molecule has 1 heterocycles. The minimum Gasteiger partial charge on any atom is -0.508 e. The molecule has 2 N–H and O–H groups in total. The molecule has 0 spiro atoms. The number of thioether (sulfide) groups is 1. The summed E-state index contributed by atoms with van der Waals surface area (Å²) in [5.41, 5.74) is -0.892. The van der Waals surface area contributed by atoms with Crippen molar-refractivity contribution in [3.8, 4) is 11.5 Å². The fraction of sp³-hybridized carbons (Fsp3) is 0.125. The van der Waals surface area contributed by atoms with E-state index < -0.39 is 11.4 Å². The van der Waals surface area contributed by atoms with Gasteiger partial charge in [-0.25, -0.2) is 4.79 Å². The van der Waals surface area contributed by atoms with Gasteiger partial charge in [-0.2, -0.15) is 0 Å². The summed E-state index contributed by atoms with van der Waals surface area (Å²) in [6.45, 7) is 0. The second-order valence-electron chi connectivity index (χ2n) is 2.54. The first-order valence-corrected chi connectivity index (χ1v) is 4.44. The van der Waals surface area contributed by atoms with E-state index in [4.69, 9.17) is 14.9 Å². The quantitative estimate of drug-likeness (QED) is 0.711. The van der Waals surface area contributed by atoms with Crippen molar-refractivity contribution in [3.05, 3.63) is 18.2 Å². The van der Waals surface area contributed by atoms with Crippen molar-refractivity contribution in [2.24, 2.45) is 0 Å². The van der Waals surface area contributed by atoms with Crippen LogP contribution in [0.25, 0.3) is 0 Å². The first-order chi connectivity index (χ1) is 6.16. The number of carbonyl (C=O) groups is 1. The van der Waals surface area contributed by atoms with E-state index in [1.54, 1.807) is 6.07 Å². The lowest BCUT2D eigenvalue weighted by molar-refractivity contribution is -0.140. The summed E-state index contributed by atoms with van der Waals surface area (Å²) in [4.78, 5) is 11.2. The molecule has 0 aliphatic carbocycles.